The van der Waals surface area contributed by atoms with Crippen molar-refractivity contribution in [3.05, 3.63) is 24.7 Å². The van der Waals surface area contributed by atoms with E-state index in [9.17, 15) is 0 Å². The molecular formula is C14H18N6O2. The molecule has 0 N–H and O–H groups in total. The minimum atomic E-state index is 0.573. The lowest BCUT2D eigenvalue weighted by atomic mass is 10.3. The lowest BCUT2D eigenvalue weighted by Gasteiger charge is -2.35. The first-order valence-corrected chi connectivity index (χ1v) is 7.03. The van der Waals surface area contributed by atoms with Crippen LogP contribution in [0.15, 0.2) is 24.7 Å². The Morgan fingerprint density at radius 3 is 2.36 bits per heavy atom. The highest BCUT2D eigenvalue weighted by molar-refractivity contribution is 5.44. The molecule has 0 spiro atoms. The number of hydrogen-bond donors (Lipinski definition) is 0. The maximum absolute atomic E-state index is 5.14. The summed E-state index contributed by atoms with van der Waals surface area (Å²) in [5, 5.41) is 0. The molecule has 2 aromatic rings. The summed E-state index contributed by atoms with van der Waals surface area (Å²) in [5.74, 6) is 2.72. The molecule has 1 aliphatic rings. The molecule has 0 atom stereocenters. The van der Waals surface area contributed by atoms with Crippen molar-refractivity contribution in [3.8, 4) is 11.8 Å². The average molecular weight is 302 g/mol. The molecule has 22 heavy (non-hydrogen) atoms. The SMILES string of the molecule is COc1cc(N2CCN(c3nccc(OC)n3)CC2)ncn1. The topological polar surface area (TPSA) is 76.5 Å². The minimum Gasteiger partial charge on any atom is -0.481 e. The number of aromatic nitrogens is 4. The molecule has 0 unspecified atom stereocenters. The predicted molar refractivity (Wildman–Crippen MR) is 81.6 cm³/mol. The smallest absolute Gasteiger partial charge is 0.228 e. The molecule has 3 heterocycles. The van der Waals surface area contributed by atoms with Gasteiger partial charge in [-0.05, 0) is 0 Å². The van der Waals surface area contributed by atoms with Crippen LogP contribution in [0.4, 0.5) is 11.8 Å². The van der Waals surface area contributed by atoms with E-state index in [2.05, 4.69) is 29.7 Å². The van der Waals surface area contributed by atoms with E-state index in [1.165, 1.54) is 6.33 Å². The summed E-state index contributed by atoms with van der Waals surface area (Å²) in [6, 6.07) is 3.59. The number of hydrogen-bond acceptors (Lipinski definition) is 8. The fourth-order valence-corrected chi connectivity index (χ4v) is 2.35. The fraction of sp³-hybridized carbons (Fsp3) is 0.429. The van der Waals surface area contributed by atoms with Crippen LogP contribution >= 0.6 is 0 Å². The minimum absolute atomic E-state index is 0.573. The van der Waals surface area contributed by atoms with E-state index < -0.39 is 0 Å². The van der Waals surface area contributed by atoms with Crippen molar-refractivity contribution in [1.29, 1.82) is 0 Å². The van der Waals surface area contributed by atoms with Crippen molar-refractivity contribution in [3.63, 3.8) is 0 Å². The highest BCUT2D eigenvalue weighted by Gasteiger charge is 2.20. The largest absolute Gasteiger partial charge is 0.481 e. The van der Waals surface area contributed by atoms with Gasteiger partial charge >= 0.3 is 0 Å². The van der Waals surface area contributed by atoms with Crippen LogP contribution in [0.2, 0.25) is 0 Å². The highest BCUT2D eigenvalue weighted by Crippen LogP contribution is 2.19. The zero-order chi connectivity index (χ0) is 15.4. The zero-order valence-electron chi connectivity index (χ0n) is 12.6. The summed E-state index contributed by atoms with van der Waals surface area (Å²) in [7, 11) is 3.21. The number of nitrogens with zero attached hydrogens (tertiary/aromatic N) is 6. The van der Waals surface area contributed by atoms with Gasteiger partial charge in [-0.25, -0.2) is 15.0 Å². The third-order valence-corrected chi connectivity index (χ3v) is 3.55. The second kappa shape index (κ2) is 6.42. The maximum Gasteiger partial charge on any atom is 0.228 e. The van der Waals surface area contributed by atoms with E-state index in [1.54, 1.807) is 26.5 Å². The van der Waals surface area contributed by atoms with Gasteiger partial charge in [0.1, 0.15) is 12.1 Å². The van der Waals surface area contributed by atoms with E-state index >= 15 is 0 Å². The summed E-state index contributed by atoms with van der Waals surface area (Å²) in [5.41, 5.74) is 0. The summed E-state index contributed by atoms with van der Waals surface area (Å²) in [4.78, 5) is 21.3. The summed E-state index contributed by atoms with van der Waals surface area (Å²) < 4.78 is 10.3. The molecule has 0 aliphatic carbocycles. The molecule has 1 fully saturated rings. The number of ether oxygens (including phenoxy) is 2. The number of piperazine rings is 1. The molecule has 0 saturated carbocycles. The van der Waals surface area contributed by atoms with Crippen molar-refractivity contribution in [1.82, 2.24) is 19.9 Å². The van der Waals surface area contributed by atoms with Gasteiger partial charge in [0.2, 0.25) is 17.7 Å². The Labute approximate surface area is 128 Å². The van der Waals surface area contributed by atoms with Gasteiger partial charge in [0.15, 0.2) is 0 Å². The van der Waals surface area contributed by atoms with E-state index in [1.807, 2.05) is 6.07 Å². The molecule has 2 aromatic heterocycles. The standard InChI is InChI=1S/C14H18N6O2/c1-21-12-3-4-15-14(18-12)20-7-5-19(6-8-20)11-9-13(22-2)17-10-16-11/h3-4,9-10H,5-8H2,1-2H3. The first-order chi connectivity index (χ1) is 10.8. The molecule has 0 amide bonds. The molecule has 1 saturated heterocycles. The van der Waals surface area contributed by atoms with Crippen LogP contribution in [0, 0.1) is 0 Å². The quantitative estimate of drug-likeness (QED) is 0.813. The second-order valence-corrected chi connectivity index (χ2v) is 4.79. The van der Waals surface area contributed by atoms with Crippen molar-refractivity contribution < 1.29 is 9.47 Å². The van der Waals surface area contributed by atoms with Crippen molar-refractivity contribution in [2.75, 3.05) is 50.2 Å². The monoisotopic (exact) mass is 302 g/mol. The maximum atomic E-state index is 5.14. The van der Waals surface area contributed by atoms with Crippen molar-refractivity contribution in [2.24, 2.45) is 0 Å². The molecule has 0 aromatic carbocycles. The lowest BCUT2D eigenvalue weighted by molar-refractivity contribution is 0.395. The van der Waals surface area contributed by atoms with Gasteiger partial charge in [0, 0.05) is 44.5 Å². The van der Waals surface area contributed by atoms with Gasteiger partial charge in [-0.15, -0.1) is 0 Å². The van der Waals surface area contributed by atoms with Crippen LogP contribution in [0.5, 0.6) is 11.8 Å². The average Bonchev–Trinajstić information content (AvgIpc) is 2.62. The number of anilines is 2. The van der Waals surface area contributed by atoms with E-state index in [0.29, 0.717) is 17.7 Å². The van der Waals surface area contributed by atoms with Crippen LogP contribution < -0.4 is 19.3 Å². The molecule has 3 rings (SSSR count). The van der Waals surface area contributed by atoms with Gasteiger partial charge < -0.3 is 19.3 Å². The van der Waals surface area contributed by atoms with Crippen LogP contribution in [0.3, 0.4) is 0 Å². The molecule has 8 heteroatoms. The summed E-state index contributed by atoms with van der Waals surface area (Å²) >= 11 is 0. The number of rotatable bonds is 4. The molecule has 0 radical (unpaired) electrons. The van der Waals surface area contributed by atoms with Crippen molar-refractivity contribution in [2.45, 2.75) is 0 Å². The highest BCUT2D eigenvalue weighted by atomic mass is 16.5. The van der Waals surface area contributed by atoms with Crippen LogP contribution in [0.25, 0.3) is 0 Å². The Morgan fingerprint density at radius 1 is 0.909 bits per heavy atom. The molecule has 8 nitrogen and oxygen atoms in total. The first-order valence-electron chi connectivity index (χ1n) is 7.03. The third-order valence-electron chi connectivity index (χ3n) is 3.55. The fourth-order valence-electron chi connectivity index (χ4n) is 2.35. The Balaban J connectivity index is 1.66. The van der Waals surface area contributed by atoms with Gasteiger partial charge in [0.25, 0.3) is 0 Å². The first kappa shape index (κ1) is 14.3. The van der Waals surface area contributed by atoms with Crippen LogP contribution in [-0.4, -0.2) is 60.3 Å². The van der Waals surface area contributed by atoms with E-state index in [0.717, 1.165) is 32.0 Å². The Morgan fingerprint density at radius 2 is 1.64 bits per heavy atom. The molecule has 116 valence electrons. The van der Waals surface area contributed by atoms with Crippen molar-refractivity contribution >= 4 is 11.8 Å². The molecule has 0 bridgehead atoms. The molecular weight excluding hydrogens is 284 g/mol. The Kier molecular flexibility index (Phi) is 4.17. The van der Waals surface area contributed by atoms with Crippen LogP contribution in [-0.2, 0) is 0 Å². The van der Waals surface area contributed by atoms with E-state index in [4.69, 9.17) is 9.47 Å². The Bertz CT molecular complexity index is 575. The third kappa shape index (κ3) is 3.00. The van der Waals surface area contributed by atoms with E-state index in [-0.39, 0.29) is 0 Å². The number of methoxy groups -OCH3 is 2. The molecule has 1 aliphatic heterocycles. The second-order valence-electron chi connectivity index (χ2n) is 4.79. The summed E-state index contributed by atoms with van der Waals surface area (Å²) in [6.07, 6.45) is 3.23. The van der Waals surface area contributed by atoms with Crippen LogP contribution in [0.1, 0.15) is 0 Å². The predicted octanol–water partition coefficient (Wildman–Crippen LogP) is 0.610. The zero-order valence-corrected chi connectivity index (χ0v) is 12.6. The van der Waals surface area contributed by atoms with Gasteiger partial charge in [-0.2, -0.15) is 4.98 Å². The van der Waals surface area contributed by atoms with Gasteiger partial charge in [0.05, 0.1) is 14.2 Å². The summed E-state index contributed by atoms with van der Waals surface area (Å²) in [6.45, 7) is 3.31. The van der Waals surface area contributed by atoms with Gasteiger partial charge in [-0.1, -0.05) is 0 Å². The van der Waals surface area contributed by atoms with Gasteiger partial charge in [-0.3, -0.25) is 0 Å². The lowest BCUT2D eigenvalue weighted by Crippen LogP contribution is -2.47. The normalized spacial score (nSPS) is 14.8. The Hall–Kier alpha value is -2.64.